The third-order valence-electron chi connectivity index (χ3n) is 13.6. The van der Waals surface area contributed by atoms with E-state index in [1.54, 1.807) is 0 Å². The Labute approximate surface area is 395 Å². The van der Waals surface area contributed by atoms with E-state index in [-0.39, 0.29) is 0 Å². The molecule has 12 aromatic rings. The third-order valence-corrected chi connectivity index (χ3v) is 13.6. The van der Waals surface area contributed by atoms with Crippen LogP contribution in [0.3, 0.4) is 0 Å². The van der Waals surface area contributed by atoms with Gasteiger partial charge in [0.2, 0.25) is 0 Å². The van der Waals surface area contributed by atoms with Gasteiger partial charge < -0.3 is 0 Å². The highest BCUT2D eigenvalue weighted by molar-refractivity contribution is 6.23. The van der Waals surface area contributed by atoms with Crippen LogP contribution in [-0.2, 0) is 0 Å². The molecule has 13 rings (SSSR count). The van der Waals surface area contributed by atoms with Gasteiger partial charge in [0.05, 0.1) is 33.5 Å². The molecule has 0 N–H and O–H groups in total. The molecule has 0 aliphatic heterocycles. The van der Waals surface area contributed by atoms with Crippen molar-refractivity contribution in [2.24, 2.45) is 0 Å². The lowest BCUT2D eigenvalue weighted by atomic mass is 9.91. The molecule has 0 fully saturated rings. The van der Waals surface area contributed by atoms with Crippen LogP contribution in [0, 0.1) is 0 Å². The summed E-state index contributed by atoms with van der Waals surface area (Å²) in [6.07, 6.45) is 8.75. The Morgan fingerprint density at radius 2 is 0.735 bits per heavy atom. The maximum Gasteiger partial charge on any atom is 0.138 e. The van der Waals surface area contributed by atoms with Crippen molar-refractivity contribution < 1.29 is 0 Å². The molecule has 0 saturated heterocycles. The van der Waals surface area contributed by atoms with E-state index in [2.05, 4.69) is 252 Å². The third kappa shape index (κ3) is 6.85. The van der Waals surface area contributed by atoms with Gasteiger partial charge in [-0.1, -0.05) is 170 Å². The predicted molar refractivity (Wildman–Crippen MR) is 284 cm³/mol. The Morgan fingerprint density at radius 3 is 1.19 bits per heavy atom. The first-order chi connectivity index (χ1) is 33.7. The standard InChI is InChI=1S/C64H44N4/c1-5-19-43(20-6-1)47-37-48(44-21-7-2-8-22-44)40-51(39-47)57-29-17-33-61(65-57)67-59-31-15-13-27-53(59)55-35-36-56-54-28-14-16-32-60(54)68(64(56)63(55)67)62-34-18-30-58(66-62)52-41-49(45-23-9-3-10-24-45)38-50(42-52)46-25-11-4-12-26-46/h1-11,13-25,27-42H,12,26H2. The van der Waals surface area contributed by atoms with Gasteiger partial charge in [-0.05, 0) is 130 Å². The molecule has 0 spiro atoms. The Hall–Kier alpha value is -8.86. The maximum absolute atomic E-state index is 5.59. The summed E-state index contributed by atoms with van der Waals surface area (Å²) < 4.78 is 4.75. The molecular weight excluding hydrogens is 825 g/mol. The minimum atomic E-state index is 0.850. The first-order valence-electron chi connectivity index (χ1n) is 23.5. The summed E-state index contributed by atoms with van der Waals surface area (Å²) in [6.45, 7) is 0. The topological polar surface area (TPSA) is 35.6 Å². The van der Waals surface area contributed by atoms with E-state index < -0.39 is 0 Å². The zero-order valence-corrected chi connectivity index (χ0v) is 37.3. The lowest BCUT2D eigenvalue weighted by Crippen LogP contribution is -2.03. The molecule has 4 nitrogen and oxygen atoms in total. The molecule has 1 aliphatic carbocycles. The molecule has 8 aromatic carbocycles. The number of pyridine rings is 2. The van der Waals surface area contributed by atoms with Gasteiger partial charge in [0.25, 0.3) is 0 Å². The number of allylic oxidation sites excluding steroid dienone is 4. The van der Waals surface area contributed by atoms with Crippen LogP contribution in [0.1, 0.15) is 18.4 Å². The minimum absolute atomic E-state index is 0.850. The van der Waals surface area contributed by atoms with Crippen LogP contribution in [0.4, 0.5) is 0 Å². The van der Waals surface area contributed by atoms with Crippen molar-refractivity contribution in [3.05, 3.63) is 248 Å². The molecule has 0 saturated carbocycles. The summed E-state index contributed by atoms with van der Waals surface area (Å²) in [6, 6.07) is 80.7. The summed E-state index contributed by atoms with van der Waals surface area (Å²) in [5.74, 6) is 1.71. The molecule has 0 bridgehead atoms. The zero-order valence-electron chi connectivity index (χ0n) is 37.3. The molecule has 0 radical (unpaired) electrons. The monoisotopic (exact) mass is 868 g/mol. The summed E-state index contributed by atoms with van der Waals surface area (Å²) in [5, 5.41) is 4.67. The summed E-state index contributed by atoms with van der Waals surface area (Å²) >= 11 is 0. The number of nitrogens with zero attached hydrogens (tertiary/aromatic N) is 4. The molecular formula is C64H44N4. The molecule has 320 valence electrons. The predicted octanol–water partition coefficient (Wildman–Crippen LogP) is 16.7. The number of hydrogen-bond donors (Lipinski definition) is 0. The van der Waals surface area contributed by atoms with Gasteiger partial charge in [0.15, 0.2) is 0 Å². The van der Waals surface area contributed by atoms with E-state index >= 15 is 0 Å². The number of benzene rings is 8. The van der Waals surface area contributed by atoms with Gasteiger partial charge in [-0.25, -0.2) is 9.97 Å². The van der Waals surface area contributed by atoms with Crippen molar-refractivity contribution in [3.63, 3.8) is 0 Å². The maximum atomic E-state index is 5.59. The second kappa shape index (κ2) is 16.5. The number of aromatic nitrogens is 4. The lowest BCUT2D eigenvalue weighted by molar-refractivity contribution is 1.05. The van der Waals surface area contributed by atoms with Gasteiger partial charge in [-0.2, -0.15) is 0 Å². The first-order valence-corrected chi connectivity index (χ1v) is 23.5. The Balaban J connectivity index is 1.03. The molecule has 1 aliphatic rings. The second-order valence-corrected chi connectivity index (χ2v) is 17.7. The van der Waals surface area contributed by atoms with Gasteiger partial charge >= 0.3 is 0 Å². The number of hydrogen-bond acceptors (Lipinski definition) is 2. The van der Waals surface area contributed by atoms with Crippen LogP contribution in [0.5, 0.6) is 0 Å². The SMILES string of the molecule is C1=CCCC(c2cc(-c3ccccc3)cc(-c3cccc(-n4c5ccccc5c5ccc6c7ccccc7n(-c7cccc(-c8cc(-c9ccccc9)cc(-c9ccccc9)c8)n7)c6c54)n3)c2)=C1. The fourth-order valence-electron chi connectivity index (χ4n) is 10.4. The average Bonchev–Trinajstić information content (AvgIpc) is 3.95. The van der Waals surface area contributed by atoms with Crippen molar-refractivity contribution >= 4 is 49.2 Å². The van der Waals surface area contributed by atoms with Crippen molar-refractivity contribution in [1.82, 2.24) is 19.1 Å². The zero-order chi connectivity index (χ0) is 45.0. The highest BCUT2D eigenvalue weighted by Crippen LogP contribution is 2.42. The van der Waals surface area contributed by atoms with E-state index in [1.165, 1.54) is 44.2 Å². The number of para-hydroxylation sites is 2. The largest absolute Gasteiger partial charge is 0.292 e. The van der Waals surface area contributed by atoms with Crippen LogP contribution in [0.25, 0.3) is 117 Å². The summed E-state index contributed by atoms with van der Waals surface area (Å²) in [7, 11) is 0. The smallest absolute Gasteiger partial charge is 0.138 e. The minimum Gasteiger partial charge on any atom is -0.292 e. The lowest BCUT2D eigenvalue weighted by Gasteiger charge is -2.15. The molecule has 0 unspecified atom stereocenters. The van der Waals surface area contributed by atoms with Gasteiger partial charge in [0, 0.05) is 32.7 Å². The van der Waals surface area contributed by atoms with Gasteiger partial charge in [-0.15, -0.1) is 0 Å². The van der Waals surface area contributed by atoms with Crippen molar-refractivity contribution in [2.45, 2.75) is 12.8 Å². The van der Waals surface area contributed by atoms with Crippen LogP contribution in [-0.4, -0.2) is 19.1 Å². The first kappa shape index (κ1) is 39.5. The number of fused-ring (bicyclic) bond motifs is 7. The summed E-state index contributed by atoms with van der Waals surface area (Å²) in [4.78, 5) is 11.2. The molecule has 4 heteroatoms. The molecule has 4 aromatic heterocycles. The van der Waals surface area contributed by atoms with E-state index in [4.69, 9.17) is 9.97 Å². The quantitative estimate of drug-likeness (QED) is 0.153. The highest BCUT2D eigenvalue weighted by Gasteiger charge is 2.23. The fraction of sp³-hybridized carbons (Fsp3) is 0.0312. The molecule has 4 heterocycles. The van der Waals surface area contributed by atoms with Crippen LogP contribution in [0.2, 0.25) is 0 Å². The van der Waals surface area contributed by atoms with E-state index in [0.717, 1.165) is 91.0 Å². The Kier molecular flexibility index (Phi) is 9.61. The second-order valence-electron chi connectivity index (χ2n) is 17.7. The van der Waals surface area contributed by atoms with Crippen molar-refractivity contribution in [3.8, 4) is 67.5 Å². The van der Waals surface area contributed by atoms with Gasteiger partial charge in [-0.3, -0.25) is 9.13 Å². The number of rotatable bonds is 8. The van der Waals surface area contributed by atoms with Crippen molar-refractivity contribution in [1.29, 1.82) is 0 Å². The molecule has 68 heavy (non-hydrogen) atoms. The van der Waals surface area contributed by atoms with Crippen LogP contribution >= 0.6 is 0 Å². The van der Waals surface area contributed by atoms with Crippen molar-refractivity contribution in [2.75, 3.05) is 0 Å². The average molecular weight is 869 g/mol. The van der Waals surface area contributed by atoms with E-state index in [9.17, 15) is 0 Å². The van der Waals surface area contributed by atoms with Crippen LogP contribution in [0.15, 0.2) is 243 Å². The Morgan fingerprint density at radius 1 is 0.324 bits per heavy atom. The normalized spacial score (nSPS) is 12.6. The van der Waals surface area contributed by atoms with Crippen LogP contribution < -0.4 is 0 Å². The molecule has 0 atom stereocenters. The fourth-order valence-corrected chi connectivity index (χ4v) is 10.4. The van der Waals surface area contributed by atoms with Gasteiger partial charge in [0.1, 0.15) is 11.6 Å². The molecule has 0 amide bonds. The Bertz CT molecular complexity index is 3890. The highest BCUT2D eigenvalue weighted by atomic mass is 15.1. The van der Waals surface area contributed by atoms with E-state index in [0.29, 0.717) is 0 Å². The summed E-state index contributed by atoms with van der Waals surface area (Å²) in [5.41, 5.74) is 17.9. The van der Waals surface area contributed by atoms with E-state index in [1.807, 2.05) is 0 Å².